The van der Waals surface area contributed by atoms with Crippen molar-refractivity contribution in [3.05, 3.63) is 152 Å². The molecule has 0 bridgehead atoms. The number of carbonyl (C=O) groups is 2. The molecule has 2 heterocycles. The van der Waals surface area contributed by atoms with Crippen LogP contribution in [0.4, 0.5) is 0 Å². The second kappa shape index (κ2) is 15.6. The van der Waals surface area contributed by atoms with E-state index < -0.39 is 40.9 Å². The molecule has 0 radical (unpaired) electrons. The third-order valence-corrected chi connectivity index (χ3v) is 8.59. The molecule has 4 aromatic carbocycles. The van der Waals surface area contributed by atoms with E-state index >= 15 is 0 Å². The zero-order valence-corrected chi connectivity index (χ0v) is 28.0. The third kappa shape index (κ3) is 8.00. The highest BCUT2D eigenvalue weighted by atomic mass is 16.5. The SMILES string of the molecule is COc1cccc2oc(C(=O)N[C@@H](Cc3ccccc3)C[C@H](O)[C@H](Cc3ccccc3)NC(=O)c3cc(=O)c4c(OC)cccc4o3)cc(=O)c12. The fraction of sp³-hybridized carbons (Fsp3) is 0.200. The van der Waals surface area contributed by atoms with Crippen molar-refractivity contribution in [2.45, 2.75) is 37.5 Å². The Morgan fingerprint density at radius 3 is 1.61 bits per heavy atom. The molecule has 11 nitrogen and oxygen atoms in total. The van der Waals surface area contributed by atoms with Gasteiger partial charge in [-0.05, 0) is 54.7 Å². The monoisotopic (exact) mass is 688 g/mol. The van der Waals surface area contributed by atoms with Crippen molar-refractivity contribution in [3.63, 3.8) is 0 Å². The molecular weight excluding hydrogens is 652 g/mol. The van der Waals surface area contributed by atoms with Crippen LogP contribution in [0.2, 0.25) is 0 Å². The van der Waals surface area contributed by atoms with Gasteiger partial charge >= 0.3 is 0 Å². The van der Waals surface area contributed by atoms with Gasteiger partial charge in [0.25, 0.3) is 11.8 Å². The van der Waals surface area contributed by atoms with Crippen LogP contribution in [-0.4, -0.2) is 49.3 Å². The first-order valence-corrected chi connectivity index (χ1v) is 16.3. The summed E-state index contributed by atoms with van der Waals surface area (Å²) in [4.78, 5) is 53.3. The Kier molecular flexibility index (Phi) is 10.6. The number of hydrogen-bond acceptors (Lipinski definition) is 9. The van der Waals surface area contributed by atoms with E-state index in [-0.39, 0.29) is 46.3 Å². The van der Waals surface area contributed by atoms with Crippen molar-refractivity contribution >= 4 is 33.8 Å². The predicted octanol–water partition coefficient (Wildman–Crippen LogP) is 5.05. The van der Waals surface area contributed by atoms with Crippen LogP contribution < -0.4 is 31.0 Å². The molecule has 3 N–H and O–H groups in total. The molecule has 6 aromatic rings. The van der Waals surface area contributed by atoms with E-state index in [0.717, 1.165) is 23.3 Å². The van der Waals surface area contributed by atoms with Gasteiger partial charge in [0, 0.05) is 18.2 Å². The molecule has 11 heteroatoms. The average molecular weight is 689 g/mol. The molecule has 6 rings (SSSR count). The number of carbonyl (C=O) groups excluding carboxylic acids is 2. The lowest BCUT2D eigenvalue weighted by Crippen LogP contribution is -2.48. The summed E-state index contributed by atoms with van der Waals surface area (Å²) < 4.78 is 22.2. The molecule has 0 saturated heterocycles. The fourth-order valence-corrected chi connectivity index (χ4v) is 6.12. The first kappa shape index (κ1) is 34.7. The molecule has 51 heavy (non-hydrogen) atoms. The van der Waals surface area contributed by atoms with Crippen LogP contribution in [0.1, 0.15) is 38.7 Å². The topological polar surface area (TPSA) is 157 Å². The molecule has 0 aliphatic heterocycles. The zero-order chi connectivity index (χ0) is 35.9. The lowest BCUT2D eigenvalue weighted by atomic mass is 9.93. The van der Waals surface area contributed by atoms with Gasteiger partial charge in [-0.1, -0.05) is 72.8 Å². The van der Waals surface area contributed by atoms with E-state index in [2.05, 4.69) is 10.6 Å². The van der Waals surface area contributed by atoms with E-state index in [4.69, 9.17) is 18.3 Å². The minimum atomic E-state index is -1.19. The van der Waals surface area contributed by atoms with E-state index in [0.29, 0.717) is 17.9 Å². The zero-order valence-electron chi connectivity index (χ0n) is 28.0. The number of amides is 2. The number of methoxy groups -OCH3 is 2. The fourth-order valence-electron chi connectivity index (χ4n) is 6.12. The van der Waals surface area contributed by atoms with E-state index in [1.807, 2.05) is 60.7 Å². The van der Waals surface area contributed by atoms with Gasteiger partial charge in [-0.15, -0.1) is 0 Å². The molecule has 0 fully saturated rings. The van der Waals surface area contributed by atoms with Crippen LogP contribution in [0, 0.1) is 0 Å². The minimum absolute atomic E-state index is 0.00290. The average Bonchev–Trinajstić information content (AvgIpc) is 3.14. The summed E-state index contributed by atoms with van der Waals surface area (Å²) in [5, 5.41) is 18.0. The van der Waals surface area contributed by atoms with E-state index in [1.54, 1.807) is 36.4 Å². The van der Waals surface area contributed by atoms with Crippen LogP contribution >= 0.6 is 0 Å². The van der Waals surface area contributed by atoms with Gasteiger partial charge in [0.05, 0.1) is 26.4 Å². The summed E-state index contributed by atoms with van der Waals surface area (Å²) in [7, 11) is 2.88. The molecule has 2 aromatic heterocycles. The Hall–Kier alpha value is -6.20. The standard InChI is InChI=1S/C40H36N2O9/c1-48-31-15-9-17-33-37(31)29(44)22-35(50-33)39(46)41-26(19-24-11-5-3-6-12-24)21-28(43)27(20-25-13-7-4-8-14-25)42-40(47)36-23-30(45)38-32(49-2)16-10-18-34(38)51-36/h3-18,22-23,26-28,43H,19-21H2,1-2H3,(H,41,46)(H,42,47)/t26-,27-,28-/m0/s1. The smallest absolute Gasteiger partial charge is 0.287 e. The van der Waals surface area contributed by atoms with Gasteiger partial charge in [0.15, 0.2) is 22.4 Å². The van der Waals surface area contributed by atoms with Gasteiger partial charge in [-0.2, -0.15) is 0 Å². The van der Waals surface area contributed by atoms with Crippen LogP contribution in [0.5, 0.6) is 11.5 Å². The van der Waals surface area contributed by atoms with Crippen molar-refractivity contribution in [2.24, 2.45) is 0 Å². The van der Waals surface area contributed by atoms with Crippen LogP contribution in [0.15, 0.2) is 128 Å². The number of aliphatic hydroxyl groups excluding tert-OH is 1. The second-order valence-corrected chi connectivity index (χ2v) is 12.0. The molecule has 3 atom stereocenters. The van der Waals surface area contributed by atoms with Crippen molar-refractivity contribution < 1.29 is 33.0 Å². The number of aliphatic hydroxyl groups is 1. The lowest BCUT2D eigenvalue weighted by molar-refractivity contribution is 0.0733. The largest absolute Gasteiger partial charge is 0.496 e. The number of hydrogen-bond donors (Lipinski definition) is 3. The highest BCUT2D eigenvalue weighted by Gasteiger charge is 2.28. The number of rotatable bonds is 13. The molecule has 0 unspecified atom stereocenters. The number of fused-ring (bicyclic) bond motifs is 2. The summed E-state index contributed by atoms with van der Waals surface area (Å²) in [5.41, 5.74) is 1.19. The minimum Gasteiger partial charge on any atom is -0.496 e. The maximum Gasteiger partial charge on any atom is 0.287 e. The quantitative estimate of drug-likeness (QED) is 0.151. The third-order valence-electron chi connectivity index (χ3n) is 8.59. The van der Waals surface area contributed by atoms with Gasteiger partial charge in [-0.3, -0.25) is 19.2 Å². The Labute approximate surface area is 292 Å². The molecular formula is C40H36N2O9. The molecule has 0 aliphatic rings. The van der Waals surface area contributed by atoms with Crippen LogP contribution in [0.25, 0.3) is 21.9 Å². The first-order chi connectivity index (χ1) is 24.7. The number of benzene rings is 4. The number of nitrogens with one attached hydrogen (secondary N) is 2. The summed E-state index contributed by atoms with van der Waals surface area (Å²) in [6.45, 7) is 0. The molecule has 0 aliphatic carbocycles. The van der Waals surface area contributed by atoms with Gasteiger partial charge in [0.1, 0.15) is 33.4 Å². The maximum absolute atomic E-state index is 13.6. The van der Waals surface area contributed by atoms with Crippen LogP contribution in [0.3, 0.4) is 0 Å². The summed E-state index contributed by atoms with van der Waals surface area (Å²) in [6, 6.07) is 29.1. The Morgan fingerprint density at radius 1 is 0.647 bits per heavy atom. The van der Waals surface area contributed by atoms with Crippen LogP contribution in [-0.2, 0) is 12.8 Å². The summed E-state index contributed by atoms with van der Waals surface area (Å²) >= 11 is 0. The van der Waals surface area contributed by atoms with Crippen molar-refractivity contribution in [2.75, 3.05) is 14.2 Å². The molecule has 0 spiro atoms. The maximum atomic E-state index is 13.6. The molecule has 0 saturated carbocycles. The Balaban J connectivity index is 1.28. The van der Waals surface area contributed by atoms with E-state index in [1.165, 1.54) is 14.2 Å². The predicted molar refractivity (Wildman–Crippen MR) is 191 cm³/mol. The number of ether oxygens (including phenoxy) is 2. The highest BCUT2D eigenvalue weighted by molar-refractivity contribution is 5.95. The van der Waals surface area contributed by atoms with Gasteiger partial charge < -0.3 is 34.0 Å². The van der Waals surface area contributed by atoms with Crippen molar-refractivity contribution in [1.82, 2.24) is 10.6 Å². The highest BCUT2D eigenvalue weighted by Crippen LogP contribution is 2.25. The first-order valence-electron chi connectivity index (χ1n) is 16.3. The van der Waals surface area contributed by atoms with Gasteiger partial charge in [0.2, 0.25) is 0 Å². The van der Waals surface area contributed by atoms with Crippen molar-refractivity contribution in [1.29, 1.82) is 0 Å². The molecule has 2 amide bonds. The molecule has 260 valence electrons. The summed E-state index contributed by atoms with van der Waals surface area (Å²) in [5.74, 6) is -1.14. The Morgan fingerprint density at radius 2 is 1.12 bits per heavy atom. The Bertz CT molecular complexity index is 2280. The lowest BCUT2D eigenvalue weighted by Gasteiger charge is -2.28. The second-order valence-electron chi connectivity index (χ2n) is 12.0. The van der Waals surface area contributed by atoms with E-state index in [9.17, 15) is 24.3 Å². The normalized spacial score (nSPS) is 12.9. The van der Waals surface area contributed by atoms with Gasteiger partial charge in [-0.25, -0.2) is 0 Å². The summed E-state index contributed by atoms with van der Waals surface area (Å²) in [6.07, 6.45) is -0.637. The van der Waals surface area contributed by atoms with Crippen molar-refractivity contribution in [3.8, 4) is 11.5 Å².